The fraction of sp³-hybridized carbons (Fsp3) is 0.118. The molecule has 1 aliphatic heterocycles. The predicted molar refractivity (Wildman–Crippen MR) is 163 cm³/mol. The third-order valence-electron chi connectivity index (χ3n) is 7.16. The molecule has 0 radical (unpaired) electrons. The summed E-state index contributed by atoms with van der Waals surface area (Å²) in [6, 6.07) is 34.2. The average Bonchev–Trinajstić information content (AvgIpc) is 3.55. The number of halogens is 1. The summed E-state index contributed by atoms with van der Waals surface area (Å²) in [5.41, 5.74) is 3.42. The van der Waals surface area contributed by atoms with Crippen molar-refractivity contribution >= 4 is 32.6 Å². The van der Waals surface area contributed by atoms with Crippen LogP contribution in [0.2, 0.25) is 0 Å². The summed E-state index contributed by atoms with van der Waals surface area (Å²) in [7, 11) is 0. The monoisotopic (exact) mass is 606 g/mol. The molecule has 5 aromatic rings. The number of rotatable bonds is 8. The topological polar surface area (TPSA) is 69.6 Å². The van der Waals surface area contributed by atoms with Crippen molar-refractivity contribution < 1.29 is 14.3 Å². The van der Waals surface area contributed by atoms with Crippen molar-refractivity contribution in [1.29, 1.82) is 0 Å². The van der Waals surface area contributed by atoms with E-state index in [0.717, 1.165) is 21.2 Å². The van der Waals surface area contributed by atoms with Gasteiger partial charge in [0.05, 0.1) is 0 Å². The molecule has 2 heterocycles. The smallest absolute Gasteiger partial charge is 0.268 e. The summed E-state index contributed by atoms with van der Waals surface area (Å²) < 4.78 is 13.7. The predicted octanol–water partition coefficient (Wildman–Crippen LogP) is 6.99. The quantitative estimate of drug-likeness (QED) is 0.207. The molecular weight excluding hydrogens is 580 g/mol. The molecule has 0 bridgehead atoms. The lowest BCUT2D eigenvalue weighted by atomic mass is 9.94. The number of hydrogen-bond acceptors (Lipinski definition) is 4. The van der Waals surface area contributed by atoms with Gasteiger partial charge in [-0.25, -0.2) is 0 Å². The second-order valence-corrected chi connectivity index (χ2v) is 10.7. The lowest BCUT2D eigenvalue weighted by Gasteiger charge is -2.26. The maximum absolute atomic E-state index is 14.5. The van der Waals surface area contributed by atoms with Gasteiger partial charge in [0.25, 0.3) is 11.5 Å². The molecule has 0 fully saturated rings. The molecule has 7 heteroatoms. The van der Waals surface area contributed by atoms with Crippen molar-refractivity contribution in [3.8, 4) is 11.1 Å². The Labute approximate surface area is 246 Å². The minimum Gasteiger partial charge on any atom is -0.462 e. The number of benzene rings is 4. The van der Waals surface area contributed by atoms with Gasteiger partial charge in [0, 0.05) is 28.4 Å². The van der Waals surface area contributed by atoms with Crippen molar-refractivity contribution in [3.05, 3.63) is 153 Å². The number of pyridine rings is 1. The molecule has 0 saturated carbocycles. The molecule has 1 atom stereocenters. The Hall–Kier alpha value is -4.62. The van der Waals surface area contributed by atoms with Crippen LogP contribution in [0.5, 0.6) is 0 Å². The Kier molecular flexibility index (Phi) is 7.69. The van der Waals surface area contributed by atoms with Crippen LogP contribution in [0.25, 0.3) is 21.9 Å². The fourth-order valence-corrected chi connectivity index (χ4v) is 5.61. The highest BCUT2D eigenvalue weighted by molar-refractivity contribution is 9.10. The average molecular weight is 608 g/mol. The van der Waals surface area contributed by atoms with Crippen molar-refractivity contribution in [3.63, 3.8) is 0 Å². The van der Waals surface area contributed by atoms with E-state index in [9.17, 15) is 9.59 Å². The Balaban J connectivity index is 1.63. The zero-order valence-corrected chi connectivity index (χ0v) is 23.7. The Morgan fingerprint density at radius 2 is 1.51 bits per heavy atom. The number of fused-ring (bicyclic) bond motifs is 1. The Bertz CT molecular complexity index is 1780. The molecule has 1 aromatic heterocycles. The summed E-state index contributed by atoms with van der Waals surface area (Å²) >= 11 is 3.58. The van der Waals surface area contributed by atoms with E-state index in [1.54, 1.807) is 16.9 Å². The highest BCUT2D eigenvalue weighted by Gasteiger charge is 2.31. The molecule has 204 valence electrons. The van der Waals surface area contributed by atoms with Gasteiger partial charge in [-0.05, 0) is 40.3 Å². The lowest BCUT2D eigenvalue weighted by molar-refractivity contribution is 0.0705. The van der Waals surface area contributed by atoms with Crippen molar-refractivity contribution in [2.45, 2.75) is 19.0 Å². The Morgan fingerprint density at radius 1 is 0.854 bits per heavy atom. The summed E-state index contributed by atoms with van der Waals surface area (Å²) in [4.78, 5) is 28.8. The molecule has 0 aliphatic carbocycles. The highest BCUT2D eigenvalue weighted by Crippen LogP contribution is 2.36. The van der Waals surface area contributed by atoms with Gasteiger partial charge in [-0.3, -0.25) is 14.2 Å². The first kappa shape index (κ1) is 26.6. The van der Waals surface area contributed by atoms with Gasteiger partial charge < -0.3 is 14.8 Å². The Morgan fingerprint density at radius 3 is 2.17 bits per heavy atom. The molecule has 41 heavy (non-hydrogen) atoms. The molecule has 6 rings (SSSR count). The van der Waals surface area contributed by atoms with Crippen LogP contribution < -0.4 is 10.9 Å². The van der Waals surface area contributed by atoms with Gasteiger partial charge in [-0.1, -0.05) is 107 Å². The number of aromatic nitrogens is 1. The molecule has 1 N–H and O–H groups in total. The third kappa shape index (κ3) is 5.54. The van der Waals surface area contributed by atoms with Crippen molar-refractivity contribution in [2.75, 3.05) is 6.79 Å². The molecule has 1 unspecified atom stereocenters. The lowest BCUT2D eigenvalue weighted by Crippen LogP contribution is -2.37. The van der Waals surface area contributed by atoms with Crippen molar-refractivity contribution in [1.82, 2.24) is 9.88 Å². The van der Waals surface area contributed by atoms with Gasteiger partial charge in [0.2, 0.25) is 6.79 Å². The summed E-state index contributed by atoms with van der Waals surface area (Å²) in [6.07, 6.45) is 1.96. The van der Waals surface area contributed by atoms with Crippen LogP contribution in [0.4, 0.5) is 0 Å². The zero-order valence-electron chi connectivity index (χ0n) is 22.1. The van der Waals surface area contributed by atoms with E-state index in [1.807, 2.05) is 103 Å². The van der Waals surface area contributed by atoms with E-state index in [4.69, 9.17) is 9.47 Å². The maximum Gasteiger partial charge on any atom is 0.268 e. The van der Waals surface area contributed by atoms with Crippen LogP contribution in [0, 0.1) is 0 Å². The standard InChI is InChI=1S/C34H27BrN2O4/c35-26-16-17-27-28(19-26)31(25-14-8-3-9-15-25)32(33(38)36-20-24-12-6-2-7-13-24)37(34(27)39)29(30-21-40-22-41-30)18-23-10-4-1-5-11-23/h1-17,19,21,29H,18,20,22H2,(H,36,38). The number of allylic oxidation sites excluding steroid dienone is 1. The fourth-order valence-electron chi connectivity index (χ4n) is 5.25. The van der Waals surface area contributed by atoms with Gasteiger partial charge in [0.15, 0.2) is 5.76 Å². The third-order valence-corrected chi connectivity index (χ3v) is 7.65. The minimum atomic E-state index is -0.625. The normalized spacial score (nSPS) is 13.2. The minimum absolute atomic E-state index is 0.0526. The first-order valence-corrected chi connectivity index (χ1v) is 14.1. The SMILES string of the molecule is O=C(NCc1ccccc1)c1c(-c2ccccc2)c2cc(Br)ccc2c(=O)n1C(Cc1ccccc1)C1=COCO1. The first-order valence-electron chi connectivity index (χ1n) is 13.3. The van der Waals surface area contributed by atoms with E-state index in [2.05, 4.69) is 21.2 Å². The maximum atomic E-state index is 14.5. The van der Waals surface area contributed by atoms with E-state index in [-0.39, 0.29) is 24.0 Å². The molecule has 1 aliphatic rings. The summed E-state index contributed by atoms with van der Waals surface area (Å²) in [5, 5.41) is 4.27. The van der Waals surface area contributed by atoms with Crippen LogP contribution in [-0.4, -0.2) is 17.3 Å². The largest absolute Gasteiger partial charge is 0.462 e. The molecular formula is C34H27BrN2O4. The van der Waals surface area contributed by atoms with Gasteiger partial charge in [-0.15, -0.1) is 0 Å². The van der Waals surface area contributed by atoms with E-state index in [0.29, 0.717) is 35.1 Å². The number of hydrogen-bond donors (Lipinski definition) is 1. The number of carbonyl (C=O) groups excluding carboxylic acids is 1. The van der Waals surface area contributed by atoms with E-state index < -0.39 is 6.04 Å². The van der Waals surface area contributed by atoms with Crippen LogP contribution in [0.1, 0.15) is 27.7 Å². The van der Waals surface area contributed by atoms with Crippen LogP contribution in [0.3, 0.4) is 0 Å². The summed E-state index contributed by atoms with van der Waals surface area (Å²) in [6.45, 7) is 0.362. The molecule has 6 nitrogen and oxygen atoms in total. The van der Waals surface area contributed by atoms with Crippen molar-refractivity contribution in [2.24, 2.45) is 0 Å². The first-order chi connectivity index (χ1) is 20.1. The summed E-state index contributed by atoms with van der Waals surface area (Å²) in [5.74, 6) is 0.132. The number of amides is 1. The van der Waals surface area contributed by atoms with Gasteiger partial charge in [0.1, 0.15) is 18.0 Å². The van der Waals surface area contributed by atoms with Gasteiger partial charge >= 0.3 is 0 Å². The molecule has 0 saturated heterocycles. The second-order valence-electron chi connectivity index (χ2n) is 9.78. The van der Waals surface area contributed by atoms with E-state index in [1.165, 1.54) is 0 Å². The number of ether oxygens (including phenoxy) is 2. The molecule has 1 amide bonds. The van der Waals surface area contributed by atoms with E-state index >= 15 is 0 Å². The van der Waals surface area contributed by atoms with Crippen LogP contribution in [0.15, 0.2) is 130 Å². The van der Waals surface area contributed by atoms with Crippen LogP contribution in [-0.2, 0) is 22.4 Å². The number of nitrogens with one attached hydrogen (secondary N) is 1. The molecule has 4 aromatic carbocycles. The van der Waals surface area contributed by atoms with Crippen LogP contribution >= 0.6 is 15.9 Å². The highest BCUT2D eigenvalue weighted by atomic mass is 79.9. The van der Waals surface area contributed by atoms with Gasteiger partial charge in [-0.2, -0.15) is 0 Å². The zero-order chi connectivity index (χ0) is 28.2. The molecule has 0 spiro atoms. The second kappa shape index (κ2) is 11.9. The number of carbonyl (C=O) groups is 1. The number of nitrogens with zero attached hydrogens (tertiary/aromatic N) is 1.